The number of nitrogens with one attached hydrogen (secondary N) is 1. The molecule has 0 atom stereocenters. The van der Waals surface area contributed by atoms with Gasteiger partial charge in [0.15, 0.2) is 0 Å². The Kier molecular flexibility index (Phi) is 5.35. The van der Waals surface area contributed by atoms with Crippen LogP contribution in [0.1, 0.15) is 12.5 Å². The van der Waals surface area contributed by atoms with Crippen molar-refractivity contribution in [3.63, 3.8) is 0 Å². The summed E-state index contributed by atoms with van der Waals surface area (Å²) in [6.07, 6.45) is 0. The van der Waals surface area contributed by atoms with E-state index < -0.39 is 0 Å². The summed E-state index contributed by atoms with van der Waals surface area (Å²) in [5.41, 5.74) is 1.83. The minimum Gasteiger partial charge on any atom is -0.325 e. The lowest BCUT2D eigenvalue weighted by atomic mass is 10.2. The Balaban J connectivity index is 2.12. The Morgan fingerprint density at radius 1 is 1.20 bits per heavy atom. The molecule has 20 heavy (non-hydrogen) atoms. The Bertz CT molecular complexity index is 631. The van der Waals surface area contributed by atoms with Crippen LogP contribution in [0.3, 0.4) is 0 Å². The van der Waals surface area contributed by atoms with Crippen molar-refractivity contribution in [2.24, 2.45) is 0 Å². The molecular formula is C15H13Cl2NOS. The second kappa shape index (κ2) is 7.02. The highest BCUT2D eigenvalue weighted by Crippen LogP contribution is 2.32. The molecule has 0 spiro atoms. The van der Waals surface area contributed by atoms with Crippen LogP contribution in [0.25, 0.3) is 0 Å². The first kappa shape index (κ1) is 15.2. The molecule has 2 nitrogen and oxygen atoms in total. The molecule has 5 heteroatoms. The third kappa shape index (κ3) is 4.17. The molecule has 2 rings (SSSR count). The van der Waals surface area contributed by atoms with Crippen molar-refractivity contribution >= 4 is 46.6 Å². The van der Waals surface area contributed by atoms with Gasteiger partial charge in [-0.1, -0.05) is 41.4 Å². The molecule has 0 bridgehead atoms. The van der Waals surface area contributed by atoms with Crippen molar-refractivity contribution in [3.8, 4) is 0 Å². The van der Waals surface area contributed by atoms with Gasteiger partial charge >= 0.3 is 0 Å². The van der Waals surface area contributed by atoms with Crippen molar-refractivity contribution in [2.45, 2.75) is 17.6 Å². The second-order valence-corrected chi connectivity index (χ2v) is 6.06. The zero-order valence-corrected chi connectivity index (χ0v) is 13.1. The maximum atomic E-state index is 11.2. The molecule has 1 amide bonds. The smallest absolute Gasteiger partial charge is 0.221 e. The van der Waals surface area contributed by atoms with Crippen molar-refractivity contribution in [1.29, 1.82) is 0 Å². The van der Waals surface area contributed by atoms with Gasteiger partial charge < -0.3 is 5.32 Å². The summed E-state index contributed by atoms with van der Waals surface area (Å²) in [4.78, 5) is 12.2. The fourth-order valence-electron chi connectivity index (χ4n) is 1.68. The highest BCUT2D eigenvalue weighted by atomic mass is 35.5. The van der Waals surface area contributed by atoms with Gasteiger partial charge in [0.25, 0.3) is 0 Å². The van der Waals surface area contributed by atoms with E-state index in [2.05, 4.69) is 5.32 Å². The van der Waals surface area contributed by atoms with Gasteiger partial charge in [-0.2, -0.15) is 0 Å². The lowest BCUT2D eigenvalue weighted by molar-refractivity contribution is -0.114. The molecule has 0 radical (unpaired) electrons. The third-order valence-corrected chi connectivity index (χ3v) is 4.31. The first-order valence-electron chi connectivity index (χ1n) is 5.99. The van der Waals surface area contributed by atoms with Gasteiger partial charge in [0.2, 0.25) is 5.91 Å². The first-order valence-corrected chi connectivity index (χ1v) is 7.74. The van der Waals surface area contributed by atoms with Gasteiger partial charge in [-0.05, 0) is 29.8 Å². The average Bonchev–Trinajstić information content (AvgIpc) is 2.39. The van der Waals surface area contributed by atoms with Crippen LogP contribution in [-0.4, -0.2) is 5.91 Å². The molecule has 0 heterocycles. The van der Waals surface area contributed by atoms with Gasteiger partial charge in [0, 0.05) is 27.6 Å². The molecule has 0 aliphatic rings. The Morgan fingerprint density at radius 3 is 2.65 bits per heavy atom. The van der Waals surface area contributed by atoms with Crippen LogP contribution in [0, 0.1) is 0 Å². The van der Waals surface area contributed by atoms with Crippen LogP contribution in [0.4, 0.5) is 5.69 Å². The predicted octanol–water partition coefficient (Wildman–Crippen LogP) is 5.24. The summed E-state index contributed by atoms with van der Waals surface area (Å²) in [5.74, 6) is 0.634. The van der Waals surface area contributed by atoms with E-state index >= 15 is 0 Å². The number of para-hydroxylation sites is 1. The maximum Gasteiger partial charge on any atom is 0.221 e. The number of rotatable bonds is 4. The summed E-state index contributed by atoms with van der Waals surface area (Å²) in [7, 11) is 0. The normalized spacial score (nSPS) is 10.3. The van der Waals surface area contributed by atoms with Crippen molar-refractivity contribution < 1.29 is 4.79 Å². The van der Waals surface area contributed by atoms with E-state index in [9.17, 15) is 4.79 Å². The quantitative estimate of drug-likeness (QED) is 0.778. The summed E-state index contributed by atoms with van der Waals surface area (Å²) < 4.78 is 0. The Morgan fingerprint density at radius 2 is 1.95 bits per heavy atom. The van der Waals surface area contributed by atoms with Gasteiger partial charge in [-0.3, -0.25) is 4.79 Å². The maximum absolute atomic E-state index is 11.2. The summed E-state index contributed by atoms with van der Waals surface area (Å²) in [5, 5.41) is 4.10. The van der Waals surface area contributed by atoms with E-state index in [1.54, 1.807) is 17.8 Å². The molecule has 2 aromatic carbocycles. The number of hydrogen-bond donors (Lipinski definition) is 1. The largest absolute Gasteiger partial charge is 0.325 e. The van der Waals surface area contributed by atoms with Crippen molar-refractivity contribution in [3.05, 3.63) is 58.1 Å². The van der Waals surface area contributed by atoms with Crippen LogP contribution in [0.5, 0.6) is 0 Å². The average molecular weight is 326 g/mol. The minimum atomic E-state index is -0.0809. The second-order valence-electron chi connectivity index (χ2n) is 4.20. The Hall–Kier alpha value is -1.16. The summed E-state index contributed by atoms with van der Waals surface area (Å²) in [6.45, 7) is 1.50. The van der Waals surface area contributed by atoms with E-state index in [0.29, 0.717) is 15.8 Å². The number of carbonyl (C=O) groups excluding carboxylic acids is 1. The summed E-state index contributed by atoms with van der Waals surface area (Å²) >= 11 is 13.7. The number of thioether (sulfide) groups is 1. The highest BCUT2D eigenvalue weighted by molar-refractivity contribution is 7.98. The van der Waals surface area contributed by atoms with Gasteiger partial charge in [-0.25, -0.2) is 0 Å². The third-order valence-electron chi connectivity index (χ3n) is 2.60. The fraction of sp³-hybridized carbons (Fsp3) is 0.133. The molecule has 0 aliphatic carbocycles. The predicted molar refractivity (Wildman–Crippen MR) is 86.8 cm³/mol. The van der Waals surface area contributed by atoms with Crippen LogP contribution >= 0.6 is 35.0 Å². The number of hydrogen-bond acceptors (Lipinski definition) is 2. The molecule has 2 aromatic rings. The van der Waals surface area contributed by atoms with E-state index in [1.807, 2.05) is 36.4 Å². The minimum absolute atomic E-state index is 0.0809. The summed E-state index contributed by atoms with van der Waals surface area (Å²) in [6, 6.07) is 13.2. The van der Waals surface area contributed by atoms with Gasteiger partial charge in [0.1, 0.15) is 0 Å². The fourth-order valence-corrected chi connectivity index (χ4v) is 3.25. The molecule has 0 fully saturated rings. The SMILES string of the molecule is CC(=O)Nc1ccccc1SCc1ccc(Cl)cc1Cl. The lowest BCUT2D eigenvalue weighted by Gasteiger charge is -2.10. The number of halogens is 2. The first-order chi connectivity index (χ1) is 9.56. The monoisotopic (exact) mass is 325 g/mol. The van der Waals surface area contributed by atoms with E-state index in [-0.39, 0.29) is 5.91 Å². The number of carbonyl (C=O) groups is 1. The molecule has 104 valence electrons. The molecule has 1 N–H and O–H groups in total. The number of amides is 1. The van der Waals surface area contributed by atoms with Crippen LogP contribution in [0.15, 0.2) is 47.4 Å². The zero-order chi connectivity index (χ0) is 14.5. The molecule has 0 saturated heterocycles. The number of anilines is 1. The molecule has 0 unspecified atom stereocenters. The topological polar surface area (TPSA) is 29.1 Å². The molecule has 0 aliphatic heterocycles. The highest BCUT2D eigenvalue weighted by Gasteiger charge is 2.06. The lowest BCUT2D eigenvalue weighted by Crippen LogP contribution is -2.06. The van der Waals surface area contributed by atoms with Crippen LogP contribution in [-0.2, 0) is 10.5 Å². The molecule has 0 saturated carbocycles. The standard InChI is InChI=1S/C15H13Cl2NOS/c1-10(19)18-14-4-2-3-5-15(14)20-9-11-6-7-12(16)8-13(11)17/h2-8H,9H2,1H3,(H,18,19). The molecular weight excluding hydrogens is 313 g/mol. The van der Waals surface area contributed by atoms with Gasteiger partial charge in [0.05, 0.1) is 5.69 Å². The van der Waals surface area contributed by atoms with E-state index in [0.717, 1.165) is 16.1 Å². The van der Waals surface area contributed by atoms with Crippen molar-refractivity contribution in [2.75, 3.05) is 5.32 Å². The zero-order valence-electron chi connectivity index (χ0n) is 10.8. The van der Waals surface area contributed by atoms with Gasteiger partial charge in [-0.15, -0.1) is 11.8 Å². The molecule has 0 aromatic heterocycles. The van der Waals surface area contributed by atoms with Crippen LogP contribution < -0.4 is 5.32 Å². The number of benzene rings is 2. The van der Waals surface area contributed by atoms with E-state index in [4.69, 9.17) is 23.2 Å². The van der Waals surface area contributed by atoms with Crippen molar-refractivity contribution in [1.82, 2.24) is 0 Å². The van der Waals surface area contributed by atoms with E-state index in [1.165, 1.54) is 6.92 Å². The van der Waals surface area contributed by atoms with Crippen LogP contribution in [0.2, 0.25) is 10.0 Å². The Labute approximate surface area is 132 Å².